The minimum Gasteiger partial charge on any atom is -0.355 e. The van der Waals surface area contributed by atoms with Crippen LogP contribution in [0.1, 0.15) is 43.4 Å². The molecule has 2 amide bonds. The number of nitrogens with one attached hydrogen (secondary N) is 2. The molecular formula is C23H29N3O2. The molecule has 5 heteroatoms. The Morgan fingerprint density at radius 3 is 2.04 bits per heavy atom. The molecular weight excluding hydrogens is 350 g/mol. The van der Waals surface area contributed by atoms with Crippen LogP contribution in [0.15, 0.2) is 60.7 Å². The van der Waals surface area contributed by atoms with Crippen LogP contribution in [0.25, 0.3) is 0 Å². The van der Waals surface area contributed by atoms with E-state index in [9.17, 15) is 9.59 Å². The van der Waals surface area contributed by atoms with Crippen molar-refractivity contribution < 1.29 is 9.59 Å². The molecule has 148 valence electrons. The number of nitrogens with zero attached hydrogens (tertiary/aromatic N) is 1. The summed E-state index contributed by atoms with van der Waals surface area (Å²) in [4.78, 5) is 26.3. The van der Waals surface area contributed by atoms with Crippen LogP contribution in [0, 0.1) is 0 Å². The number of rotatable bonds is 7. The normalized spacial score (nSPS) is 19.5. The summed E-state index contributed by atoms with van der Waals surface area (Å²) in [6.45, 7) is 2.17. The van der Waals surface area contributed by atoms with Gasteiger partial charge in [-0.2, -0.15) is 0 Å². The molecule has 0 aliphatic carbocycles. The first-order chi connectivity index (χ1) is 13.5. The van der Waals surface area contributed by atoms with Gasteiger partial charge in [-0.15, -0.1) is 0 Å². The van der Waals surface area contributed by atoms with E-state index >= 15 is 0 Å². The lowest BCUT2D eigenvalue weighted by Crippen LogP contribution is -2.42. The van der Waals surface area contributed by atoms with Crippen molar-refractivity contribution in [2.45, 2.75) is 44.3 Å². The first-order valence-corrected chi connectivity index (χ1v) is 9.90. The van der Waals surface area contributed by atoms with Gasteiger partial charge in [-0.05, 0) is 31.0 Å². The Bertz CT molecular complexity index is 739. The Hall–Kier alpha value is -2.66. The fraction of sp³-hybridized carbons (Fsp3) is 0.391. The highest BCUT2D eigenvalue weighted by Crippen LogP contribution is 2.26. The molecule has 5 nitrogen and oxygen atoms in total. The molecule has 2 aromatic carbocycles. The van der Waals surface area contributed by atoms with Crippen molar-refractivity contribution in [1.82, 2.24) is 15.5 Å². The van der Waals surface area contributed by atoms with Crippen molar-refractivity contribution in [2.24, 2.45) is 0 Å². The molecule has 1 aliphatic heterocycles. The molecule has 1 fully saturated rings. The van der Waals surface area contributed by atoms with Crippen LogP contribution in [0.2, 0.25) is 0 Å². The topological polar surface area (TPSA) is 61.4 Å². The minimum absolute atomic E-state index is 0.0110. The Balaban J connectivity index is 1.64. The summed E-state index contributed by atoms with van der Waals surface area (Å²) < 4.78 is 0. The van der Waals surface area contributed by atoms with Gasteiger partial charge in [-0.3, -0.25) is 14.5 Å². The average molecular weight is 380 g/mol. The van der Waals surface area contributed by atoms with E-state index in [4.69, 9.17) is 0 Å². The Labute approximate surface area is 167 Å². The average Bonchev–Trinajstić information content (AvgIpc) is 3.05. The smallest absolute Gasteiger partial charge is 0.222 e. The summed E-state index contributed by atoms with van der Waals surface area (Å²) in [5, 5.41) is 6.11. The number of carbonyl (C=O) groups excluding carboxylic acids is 2. The highest BCUT2D eigenvalue weighted by atomic mass is 16.2. The molecule has 0 saturated carbocycles. The van der Waals surface area contributed by atoms with Gasteiger partial charge in [0, 0.05) is 32.0 Å². The summed E-state index contributed by atoms with van der Waals surface area (Å²) in [7, 11) is 2.04. The Morgan fingerprint density at radius 2 is 1.50 bits per heavy atom. The Morgan fingerprint density at radius 1 is 0.964 bits per heavy atom. The van der Waals surface area contributed by atoms with Gasteiger partial charge in [0.1, 0.15) is 0 Å². The van der Waals surface area contributed by atoms with Gasteiger partial charge in [0.2, 0.25) is 11.8 Å². The van der Waals surface area contributed by atoms with Crippen LogP contribution >= 0.6 is 0 Å². The quantitative estimate of drug-likeness (QED) is 0.778. The van der Waals surface area contributed by atoms with Crippen LogP contribution in [-0.4, -0.2) is 42.4 Å². The van der Waals surface area contributed by atoms with E-state index in [1.807, 2.05) is 67.7 Å². The predicted molar refractivity (Wildman–Crippen MR) is 111 cm³/mol. The van der Waals surface area contributed by atoms with Crippen molar-refractivity contribution in [1.29, 1.82) is 0 Å². The molecule has 0 aromatic heterocycles. The van der Waals surface area contributed by atoms with Gasteiger partial charge in [-0.25, -0.2) is 0 Å². The molecule has 2 N–H and O–H groups in total. The van der Waals surface area contributed by atoms with E-state index in [2.05, 4.69) is 15.5 Å². The van der Waals surface area contributed by atoms with E-state index in [0.717, 1.165) is 24.0 Å². The maximum atomic E-state index is 12.9. The van der Waals surface area contributed by atoms with E-state index in [0.29, 0.717) is 19.0 Å². The fourth-order valence-electron chi connectivity index (χ4n) is 3.93. The van der Waals surface area contributed by atoms with Crippen LogP contribution in [0.3, 0.4) is 0 Å². The number of amides is 2. The number of likely N-dealkylation sites (tertiary alicyclic amines) is 1. The summed E-state index contributed by atoms with van der Waals surface area (Å²) >= 11 is 0. The van der Waals surface area contributed by atoms with E-state index in [1.165, 1.54) is 6.92 Å². The lowest BCUT2D eigenvalue weighted by Gasteiger charge is -2.26. The van der Waals surface area contributed by atoms with E-state index in [1.54, 1.807) is 0 Å². The van der Waals surface area contributed by atoms with Crippen molar-refractivity contribution in [3.05, 3.63) is 71.8 Å². The van der Waals surface area contributed by atoms with E-state index < -0.39 is 0 Å². The molecule has 0 spiro atoms. The molecule has 0 bridgehead atoms. The second-order valence-corrected chi connectivity index (χ2v) is 7.51. The molecule has 2 aromatic rings. The van der Waals surface area contributed by atoms with E-state index in [-0.39, 0.29) is 23.9 Å². The van der Waals surface area contributed by atoms with Gasteiger partial charge in [0.15, 0.2) is 0 Å². The van der Waals surface area contributed by atoms with Crippen LogP contribution in [-0.2, 0) is 9.59 Å². The number of likely N-dealkylation sites (N-methyl/N-ethyl adjacent to an activating group) is 1. The van der Waals surface area contributed by atoms with Crippen LogP contribution in [0.5, 0.6) is 0 Å². The minimum atomic E-state index is -0.156. The maximum absolute atomic E-state index is 12.9. The van der Waals surface area contributed by atoms with Crippen LogP contribution in [0.4, 0.5) is 0 Å². The third-order valence-electron chi connectivity index (χ3n) is 5.56. The number of hydrogen-bond acceptors (Lipinski definition) is 3. The molecule has 3 rings (SSSR count). The van der Waals surface area contributed by atoms with Gasteiger partial charge < -0.3 is 10.6 Å². The zero-order valence-electron chi connectivity index (χ0n) is 16.6. The van der Waals surface area contributed by atoms with Gasteiger partial charge in [0.25, 0.3) is 0 Å². The second kappa shape index (κ2) is 9.51. The molecule has 28 heavy (non-hydrogen) atoms. The summed E-state index contributed by atoms with van der Waals surface area (Å²) in [5.74, 6) is 0.0397. The summed E-state index contributed by atoms with van der Waals surface area (Å²) in [6, 6.07) is 20.5. The maximum Gasteiger partial charge on any atom is 0.222 e. The van der Waals surface area contributed by atoms with Crippen molar-refractivity contribution in [2.75, 3.05) is 13.6 Å². The highest BCUT2D eigenvalue weighted by Gasteiger charge is 2.32. The first kappa shape index (κ1) is 20.1. The predicted octanol–water partition coefficient (Wildman–Crippen LogP) is 2.88. The fourth-order valence-corrected chi connectivity index (χ4v) is 3.93. The third kappa shape index (κ3) is 5.20. The first-order valence-electron chi connectivity index (χ1n) is 9.90. The molecule has 2 atom stereocenters. The number of benzene rings is 2. The third-order valence-corrected chi connectivity index (χ3v) is 5.56. The monoisotopic (exact) mass is 379 g/mol. The van der Waals surface area contributed by atoms with Gasteiger partial charge in [-0.1, -0.05) is 60.7 Å². The molecule has 0 unspecified atom stereocenters. The van der Waals surface area contributed by atoms with Crippen molar-refractivity contribution in [3.8, 4) is 0 Å². The lowest BCUT2D eigenvalue weighted by atomic mass is 9.98. The molecule has 1 aliphatic rings. The molecule has 1 heterocycles. The highest BCUT2D eigenvalue weighted by molar-refractivity contribution is 5.77. The largest absolute Gasteiger partial charge is 0.355 e. The van der Waals surface area contributed by atoms with Crippen molar-refractivity contribution >= 4 is 11.8 Å². The summed E-state index contributed by atoms with van der Waals surface area (Å²) in [5.41, 5.74) is 2.15. The lowest BCUT2D eigenvalue weighted by molar-refractivity contribution is -0.123. The van der Waals surface area contributed by atoms with Crippen molar-refractivity contribution in [3.63, 3.8) is 0 Å². The molecule has 1 saturated heterocycles. The standard InChI is InChI=1S/C23H29N3O2/c1-17(27)24-16-21-14-13-20(26(21)2)15-22(28)25-23(18-9-5-3-6-10-18)19-11-7-4-8-12-19/h3-12,20-21,23H,13-16H2,1-2H3,(H,24,27)(H,25,28)/t20-,21+/m0/s1. The SMILES string of the molecule is CC(=O)NC[C@H]1CC[C@@H](CC(=O)NC(c2ccccc2)c2ccccc2)N1C. The van der Waals surface area contributed by atoms with Gasteiger partial charge >= 0.3 is 0 Å². The Kier molecular flexibility index (Phi) is 6.82. The zero-order chi connectivity index (χ0) is 19.9. The second-order valence-electron chi connectivity index (χ2n) is 7.51. The zero-order valence-corrected chi connectivity index (χ0v) is 16.6. The number of carbonyl (C=O) groups is 2. The number of hydrogen-bond donors (Lipinski definition) is 2. The summed E-state index contributed by atoms with van der Waals surface area (Å²) in [6.07, 6.45) is 2.42. The molecule has 0 radical (unpaired) electrons. The van der Waals surface area contributed by atoms with Crippen LogP contribution < -0.4 is 10.6 Å². The van der Waals surface area contributed by atoms with Gasteiger partial charge in [0.05, 0.1) is 6.04 Å².